The minimum atomic E-state index is -3.71. The first-order chi connectivity index (χ1) is 9.29. The number of nitrogens with two attached hydrogens (primary N) is 2. The fourth-order valence-electron chi connectivity index (χ4n) is 1.84. The monoisotopic (exact) mass is 397 g/mol. The zero-order valence-corrected chi connectivity index (χ0v) is 14.3. The van der Waals surface area contributed by atoms with Crippen LogP contribution in [-0.2, 0) is 10.0 Å². The summed E-state index contributed by atoms with van der Waals surface area (Å²) in [7, 11) is -3.71. The molecular weight excluding hydrogens is 382 g/mol. The molecule has 0 spiro atoms. The summed E-state index contributed by atoms with van der Waals surface area (Å²) in [4.78, 5) is 11.2. The van der Waals surface area contributed by atoms with Crippen LogP contribution in [0.4, 0.5) is 0 Å². The third-order valence-corrected chi connectivity index (χ3v) is 5.06. The smallest absolute Gasteiger partial charge is 0.248 e. The highest BCUT2D eigenvalue weighted by Gasteiger charge is 2.29. The summed E-state index contributed by atoms with van der Waals surface area (Å²) in [6.45, 7) is 0.186. The maximum Gasteiger partial charge on any atom is 0.248 e. The Labute approximate surface area is 138 Å². The van der Waals surface area contributed by atoms with Crippen LogP contribution in [0.25, 0.3) is 0 Å². The van der Waals surface area contributed by atoms with Gasteiger partial charge in [0.1, 0.15) is 0 Å². The molecule has 1 aliphatic carbocycles. The van der Waals surface area contributed by atoms with E-state index in [0.29, 0.717) is 10.4 Å². The van der Waals surface area contributed by atoms with Gasteiger partial charge in [-0.05, 0) is 37.0 Å². The second kappa shape index (κ2) is 7.06. The highest BCUT2D eigenvalue weighted by molar-refractivity contribution is 9.10. The van der Waals surface area contributed by atoms with Crippen molar-refractivity contribution in [2.75, 3.05) is 6.54 Å². The summed E-state index contributed by atoms with van der Waals surface area (Å²) in [6.07, 6.45) is 2.09. The second-order valence-electron chi connectivity index (χ2n) is 4.89. The third kappa shape index (κ3) is 4.93. The van der Waals surface area contributed by atoms with Crippen LogP contribution in [-0.4, -0.2) is 26.9 Å². The van der Waals surface area contributed by atoms with E-state index in [1.807, 2.05) is 0 Å². The Balaban J connectivity index is 0.00000220. The van der Waals surface area contributed by atoms with Crippen LogP contribution in [0.3, 0.4) is 0 Å². The lowest BCUT2D eigenvalue weighted by atomic mass is 10.2. The Morgan fingerprint density at radius 1 is 1.38 bits per heavy atom. The Bertz CT molecular complexity index is 635. The molecule has 21 heavy (non-hydrogen) atoms. The lowest BCUT2D eigenvalue weighted by molar-refractivity contribution is 0.1000. The van der Waals surface area contributed by atoms with E-state index in [-0.39, 0.29) is 35.5 Å². The van der Waals surface area contributed by atoms with E-state index in [9.17, 15) is 13.2 Å². The molecule has 0 aromatic heterocycles. The zero-order chi connectivity index (χ0) is 14.9. The Morgan fingerprint density at radius 2 is 2.00 bits per heavy atom. The first-order valence-corrected chi connectivity index (χ1v) is 8.43. The fourth-order valence-corrected chi connectivity index (χ4v) is 3.63. The van der Waals surface area contributed by atoms with Gasteiger partial charge in [-0.3, -0.25) is 4.79 Å². The molecule has 0 aliphatic heterocycles. The quantitative estimate of drug-likeness (QED) is 0.662. The summed E-state index contributed by atoms with van der Waals surface area (Å²) in [5.74, 6) is -0.279. The van der Waals surface area contributed by atoms with Crippen molar-refractivity contribution >= 4 is 44.3 Å². The van der Waals surface area contributed by atoms with Gasteiger partial charge in [-0.1, -0.05) is 15.9 Å². The summed E-state index contributed by atoms with van der Waals surface area (Å²) in [5, 5.41) is 0. The molecule has 0 bridgehead atoms. The van der Waals surface area contributed by atoms with E-state index in [0.717, 1.165) is 12.8 Å². The molecular formula is C12H17BrClN3O3S. The van der Waals surface area contributed by atoms with E-state index in [1.54, 1.807) is 0 Å². The summed E-state index contributed by atoms with van der Waals surface area (Å²) in [5.41, 5.74) is 11.2. The van der Waals surface area contributed by atoms with Gasteiger partial charge in [-0.25, -0.2) is 13.1 Å². The molecule has 1 aromatic carbocycles. The first kappa shape index (κ1) is 18.4. The Hall–Kier alpha value is -0.670. The second-order valence-corrected chi connectivity index (χ2v) is 7.58. The number of nitrogens with one attached hydrogen (secondary N) is 1. The molecule has 5 N–H and O–H groups in total. The van der Waals surface area contributed by atoms with Gasteiger partial charge in [-0.2, -0.15) is 0 Å². The van der Waals surface area contributed by atoms with Crippen LogP contribution in [0.5, 0.6) is 0 Å². The number of carbonyl (C=O) groups is 1. The molecule has 0 heterocycles. The molecule has 0 radical (unpaired) electrons. The lowest BCUT2D eigenvalue weighted by Gasteiger charge is -2.12. The molecule has 6 nitrogen and oxygen atoms in total. The van der Waals surface area contributed by atoms with E-state index in [4.69, 9.17) is 11.5 Å². The number of amides is 1. The van der Waals surface area contributed by atoms with Crippen LogP contribution in [0, 0.1) is 5.92 Å². The maximum atomic E-state index is 12.2. The number of rotatable bonds is 6. The largest absolute Gasteiger partial charge is 0.366 e. The lowest BCUT2D eigenvalue weighted by Crippen LogP contribution is -2.38. The number of hydrogen-bond donors (Lipinski definition) is 3. The number of primary amides is 1. The van der Waals surface area contributed by atoms with E-state index >= 15 is 0 Å². The summed E-state index contributed by atoms with van der Waals surface area (Å²) in [6, 6.07) is 3.96. The Morgan fingerprint density at radius 3 is 2.52 bits per heavy atom. The van der Waals surface area contributed by atoms with Crippen molar-refractivity contribution < 1.29 is 13.2 Å². The van der Waals surface area contributed by atoms with Crippen molar-refractivity contribution in [3.8, 4) is 0 Å². The molecule has 9 heteroatoms. The normalized spacial score (nSPS) is 16.1. The predicted molar refractivity (Wildman–Crippen MR) is 85.8 cm³/mol. The molecule has 1 fully saturated rings. The van der Waals surface area contributed by atoms with E-state index in [2.05, 4.69) is 20.7 Å². The van der Waals surface area contributed by atoms with Crippen LogP contribution in [0.1, 0.15) is 23.2 Å². The molecule has 0 saturated heterocycles. The molecule has 1 saturated carbocycles. The predicted octanol–water partition coefficient (Wildman–Crippen LogP) is 0.985. The average molecular weight is 399 g/mol. The number of sulfonamides is 1. The highest BCUT2D eigenvalue weighted by atomic mass is 79.9. The molecule has 2 rings (SSSR count). The molecule has 1 amide bonds. The molecule has 1 aromatic rings. The van der Waals surface area contributed by atoms with Crippen molar-refractivity contribution in [2.45, 2.75) is 23.8 Å². The molecule has 1 atom stereocenters. The van der Waals surface area contributed by atoms with Crippen LogP contribution < -0.4 is 16.2 Å². The van der Waals surface area contributed by atoms with Gasteiger partial charge in [0.2, 0.25) is 15.9 Å². The highest BCUT2D eigenvalue weighted by Crippen LogP contribution is 2.31. The summed E-state index contributed by atoms with van der Waals surface area (Å²) < 4.78 is 27.3. The topological polar surface area (TPSA) is 115 Å². The number of hydrogen-bond acceptors (Lipinski definition) is 4. The van der Waals surface area contributed by atoms with Crippen molar-refractivity contribution in [3.05, 3.63) is 28.2 Å². The van der Waals surface area contributed by atoms with Gasteiger partial charge in [0.15, 0.2) is 0 Å². The van der Waals surface area contributed by atoms with Gasteiger partial charge in [-0.15, -0.1) is 12.4 Å². The van der Waals surface area contributed by atoms with Gasteiger partial charge >= 0.3 is 0 Å². The number of carbonyl (C=O) groups excluding carboxylic acids is 1. The van der Waals surface area contributed by atoms with Crippen molar-refractivity contribution in [1.29, 1.82) is 0 Å². The van der Waals surface area contributed by atoms with Crippen molar-refractivity contribution in [2.24, 2.45) is 17.4 Å². The standard InChI is InChI=1S/C12H16BrN3O3S.ClH/c13-9-3-8(12(15)17)4-10(5-9)20(18,19)16-6-11(14)7-1-2-7;/h3-5,7,11,16H,1-2,6,14H2,(H2,15,17);1H. The molecule has 1 unspecified atom stereocenters. The van der Waals surface area contributed by atoms with Crippen LogP contribution >= 0.6 is 28.3 Å². The maximum absolute atomic E-state index is 12.2. The average Bonchev–Trinajstić information content (AvgIpc) is 3.19. The van der Waals surface area contributed by atoms with Gasteiger partial charge in [0.05, 0.1) is 4.90 Å². The van der Waals surface area contributed by atoms with Crippen LogP contribution in [0.15, 0.2) is 27.6 Å². The molecule has 1 aliphatic rings. The third-order valence-electron chi connectivity index (χ3n) is 3.20. The van der Waals surface area contributed by atoms with Gasteiger partial charge in [0.25, 0.3) is 0 Å². The van der Waals surface area contributed by atoms with Crippen LogP contribution in [0.2, 0.25) is 0 Å². The first-order valence-electron chi connectivity index (χ1n) is 6.15. The number of halogens is 2. The van der Waals surface area contributed by atoms with E-state index < -0.39 is 15.9 Å². The van der Waals surface area contributed by atoms with E-state index in [1.165, 1.54) is 18.2 Å². The Kier molecular flexibility index (Phi) is 6.18. The van der Waals surface area contributed by atoms with Crippen molar-refractivity contribution in [1.82, 2.24) is 4.72 Å². The fraction of sp³-hybridized carbons (Fsp3) is 0.417. The number of benzene rings is 1. The SMILES string of the molecule is Cl.NC(=O)c1cc(Br)cc(S(=O)(=O)NCC(N)C2CC2)c1. The molecule has 118 valence electrons. The minimum absolute atomic E-state index is 0. The van der Waals surface area contributed by atoms with Gasteiger partial charge < -0.3 is 11.5 Å². The van der Waals surface area contributed by atoms with Crippen molar-refractivity contribution in [3.63, 3.8) is 0 Å². The van der Waals surface area contributed by atoms with Gasteiger partial charge in [0, 0.05) is 22.6 Å². The summed E-state index contributed by atoms with van der Waals surface area (Å²) >= 11 is 3.16. The zero-order valence-electron chi connectivity index (χ0n) is 11.1. The minimum Gasteiger partial charge on any atom is -0.366 e.